The Morgan fingerprint density at radius 2 is 2.19 bits per heavy atom. The third-order valence-corrected chi connectivity index (χ3v) is 4.08. The summed E-state index contributed by atoms with van der Waals surface area (Å²) in [7, 11) is 1.65. The van der Waals surface area contributed by atoms with Crippen molar-refractivity contribution in [1.29, 1.82) is 0 Å². The second kappa shape index (κ2) is 6.03. The molecule has 3 aromatic rings. The van der Waals surface area contributed by atoms with Crippen LogP contribution in [0.1, 0.15) is 5.82 Å². The molecule has 0 aliphatic heterocycles. The normalized spacial score (nSPS) is 11.0. The lowest BCUT2D eigenvalue weighted by molar-refractivity contribution is 0.412. The lowest BCUT2D eigenvalue weighted by Gasteiger charge is -2.11. The van der Waals surface area contributed by atoms with E-state index in [0.717, 1.165) is 32.8 Å². The Bertz CT molecular complexity index is 788. The van der Waals surface area contributed by atoms with Gasteiger partial charge in [0.05, 0.1) is 29.0 Å². The number of aromatic nitrogens is 3. The minimum Gasteiger partial charge on any atom is -0.495 e. The molecule has 0 amide bonds. The molecule has 0 fully saturated rings. The van der Waals surface area contributed by atoms with Gasteiger partial charge in [0, 0.05) is 24.6 Å². The summed E-state index contributed by atoms with van der Waals surface area (Å²) in [6.07, 6.45) is 4.22. The number of rotatable bonds is 4. The Balaban J connectivity index is 2.24. The maximum atomic E-state index is 5.91. The van der Waals surface area contributed by atoms with Crippen molar-refractivity contribution in [2.75, 3.05) is 13.0 Å². The molecule has 2 aromatic heterocycles. The number of aryl methyl sites for hydroxylation is 1. The van der Waals surface area contributed by atoms with Crippen molar-refractivity contribution in [3.8, 4) is 11.4 Å². The number of methoxy groups -OCH3 is 1. The highest BCUT2D eigenvalue weighted by molar-refractivity contribution is 9.10. The Kier molecular flexibility index (Phi) is 4.12. The number of halogens is 2. The topological polar surface area (TPSA) is 39.9 Å². The molecule has 6 heteroatoms. The molecule has 4 nitrogen and oxygen atoms in total. The van der Waals surface area contributed by atoms with E-state index >= 15 is 0 Å². The molecule has 0 N–H and O–H groups in total. The number of nitrogens with zero attached hydrogens (tertiary/aromatic N) is 3. The Morgan fingerprint density at radius 3 is 2.95 bits per heavy atom. The maximum absolute atomic E-state index is 5.91. The van der Waals surface area contributed by atoms with Crippen molar-refractivity contribution in [1.82, 2.24) is 14.5 Å². The summed E-state index contributed by atoms with van der Waals surface area (Å²) in [5.41, 5.74) is 2.86. The lowest BCUT2D eigenvalue weighted by Crippen LogP contribution is -2.02. The predicted octanol–water partition coefficient (Wildman–Crippen LogP) is 3.97. The first-order valence-electron chi connectivity index (χ1n) is 6.46. The fourth-order valence-electron chi connectivity index (χ4n) is 2.31. The molecule has 1 aromatic carbocycles. The Morgan fingerprint density at radius 1 is 1.33 bits per heavy atom. The van der Waals surface area contributed by atoms with Crippen LogP contribution < -0.4 is 4.74 Å². The van der Waals surface area contributed by atoms with E-state index < -0.39 is 0 Å². The molecule has 0 atom stereocenters. The van der Waals surface area contributed by atoms with Gasteiger partial charge in [-0.05, 0) is 34.1 Å². The summed E-state index contributed by atoms with van der Waals surface area (Å²) in [6.45, 7) is 0. The van der Waals surface area contributed by atoms with Gasteiger partial charge in [-0.2, -0.15) is 0 Å². The lowest BCUT2D eigenvalue weighted by atomic mass is 10.2. The molecule has 0 radical (unpaired) electrons. The summed E-state index contributed by atoms with van der Waals surface area (Å²) >= 11 is 9.38. The van der Waals surface area contributed by atoms with Crippen molar-refractivity contribution in [3.05, 3.63) is 47.0 Å². The fraction of sp³-hybridized carbons (Fsp3) is 0.200. The number of ether oxygens (including phenoxy) is 1. The molecule has 108 valence electrons. The maximum Gasteiger partial charge on any atom is 0.135 e. The van der Waals surface area contributed by atoms with Crippen LogP contribution in [-0.4, -0.2) is 27.5 Å². The van der Waals surface area contributed by atoms with Crippen LogP contribution in [0.5, 0.6) is 5.75 Å². The van der Waals surface area contributed by atoms with Crippen LogP contribution >= 0.6 is 27.5 Å². The zero-order valence-corrected chi connectivity index (χ0v) is 13.7. The number of hydrogen-bond acceptors (Lipinski definition) is 3. The summed E-state index contributed by atoms with van der Waals surface area (Å²) < 4.78 is 8.38. The van der Waals surface area contributed by atoms with Crippen LogP contribution in [0.25, 0.3) is 16.7 Å². The van der Waals surface area contributed by atoms with Gasteiger partial charge in [-0.15, -0.1) is 11.6 Å². The van der Waals surface area contributed by atoms with Gasteiger partial charge in [-0.1, -0.05) is 0 Å². The molecule has 3 rings (SSSR count). The van der Waals surface area contributed by atoms with E-state index in [1.807, 2.05) is 24.3 Å². The van der Waals surface area contributed by atoms with E-state index in [1.165, 1.54) is 0 Å². The van der Waals surface area contributed by atoms with Crippen LogP contribution in [0, 0.1) is 0 Å². The highest BCUT2D eigenvalue weighted by atomic mass is 79.9. The molecule has 2 heterocycles. The van der Waals surface area contributed by atoms with Gasteiger partial charge < -0.3 is 4.74 Å². The second-order valence-corrected chi connectivity index (χ2v) is 5.72. The number of hydrogen-bond donors (Lipinski definition) is 0. The molecule has 0 bridgehead atoms. The summed E-state index contributed by atoms with van der Waals surface area (Å²) in [5.74, 6) is 2.21. The average Bonchev–Trinajstić information content (AvgIpc) is 2.86. The van der Waals surface area contributed by atoms with Gasteiger partial charge in [-0.25, -0.2) is 4.98 Å². The van der Waals surface area contributed by atoms with E-state index in [2.05, 4.69) is 30.5 Å². The van der Waals surface area contributed by atoms with Gasteiger partial charge in [0.15, 0.2) is 0 Å². The van der Waals surface area contributed by atoms with Crippen LogP contribution in [0.15, 0.2) is 41.1 Å². The largest absolute Gasteiger partial charge is 0.495 e. The van der Waals surface area contributed by atoms with Crippen LogP contribution in [0.3, 0.4) is 0 Å². The molecular weight excluding hydrogens is 354 g/mol. The molecular formula is C15H13BrClN3O. The van der Waals surface area contributed by atoms with E-state index in [0.29, 0.717) is 12.3 Å². The first kappa shape index (κ1) is 14.4. The Labute approximate surface area is 135 Å². The minimum atomic E-state index is 0.518. The minimum absolute atomic E-state index is 0.518. The van der Waals surface area contributed by atoms with Crippen molar-refractivity contribution in [2.45, 2.75) is 6.42 Å². The number of benzene rings is 1. The summed E-state index contributed by atoms with van der Waals surface area (Å²) in [6, 6.07) is 7.91. The van der Waals surface area contributed by atoms with Crippen molar-refractivity contribution >= 4 is 38.6 Å². The number of alkyl halides is 1. The molecule has 0 aliphatic rings. The molecule has 21 heavy (non-hydrogen) atoms. The van der Waals surface area contributed by atoms with E-state index in [4.69, 9.17) is 16.3 Å². The summed E-state index contributed by atoms with van der Waals surface area (Å²) in [4.78, 5) is 8.75. The molecule has 0 saturated heterocycles. The van der Waals surface area contributed by atoms with Gasteiger partial charge in [0.1, 0.15) is 17.1 Å². The van der Waals surface area contributed by atoms with E-state index in [-0.39, 0.29) is 0 Å². The zero-order chi connectivity index (χ0) is 14.8. The van der Waals surface area contributed by atoms with Crippen molar-refractivity contribution < 1.29 is 4.74 Å². The van der Waals surface area contributed by atoms with Crippen LogP contribution in [-0.2, 0) is 6.42 Å². The third-order valence-electron chi connectivity index (χ3n) is 3.24. The second-order valence-electron chi connectivity index (χ2n) is 4.49. The Hall–Kier alpha value is -1.59. The highest BCUT2D eigenvalue weighted by Gasteiger charge is 2.13. The van der Waals surface area contributed by atoms with Gasteiger partial charge in [0.2, 0.25) is 0 Å². The van der Waals surface area contributed by atoms with E-state index in [9.17, 15) is 0 Å². The molecule has 0 unspecified atom stereocenters. The number of imidazole rings is 1. The first-order valence-corrected chi connectivity index (χ1v) is 7.78. The van der Waals surface area contributed by atoms with Gasteiger partial charge in [-0.3, -0.25) is 9.55 Å². The van der Waals surface area contributed by atoms with Gasteiger partial charge in [0.25, 0.3) is 0 Å². The van der Waals surface area contributed by atoms with Crippen molar-refractivity contribution in [3.63, 3.8) is 0 Å². The van der Waals surface area contributed by atoms with Crippen LogP contribution in [0.2, 0.25) is 0 Å². The molecule has 0 aliphatic carbocycles. The molecule has 0 saturated carbocycles. The van der Waals surface area contributed by atoms with Crippen molar-refractivity contribution in [2.24, 2.45) is 0 Å². The quantitative estimate of drug-likeness (QED) is 0.656. The third kappa shape index (κ3) is 2.63. The highest BCUT2D eigenvalue weighted by Crippen LogP contribution is 2.29. The SMILES string of the molecule is COc1cc(-n2c(CCCl)nc3cnccc32)ccc1Br. The molecule has 0 spiro atoms. The predicted molar refractivity (Wildman–Crippen MR) is 87.5 cm³/mol. The summed E-state index contributed by atoms with van der Waals surface area (Å²) in [5, 5.41) is 0. The standard InChI is InChI=1S/C15H13BrClN3O/c1-21-14-8-10(2-3-11(14)16)20-13-5-7-18-9-12(13)19-15(20)4-6-17/h2-3,5,7-9H,4,6H2,1H3. The fourth-order valence-corrected chi connectivity index (χ4v) is 2.89. The number of fused-ring (bicyclic) bond motifs is 1. The smallest absolute Gasteiger partial charge is 0.135 e. The van der Waals surface area contributed by atoms with Crippen LogP contribution in [0.4, 0.5) is 0 Å². The zero-order valence-electron chi connectivity index (χ0n) is 11.4. The monoisotopic (exact) mass is 365 g/mol. The first-order chi connectivity index (χ1) is 10.2. The van der Waals surface area contributed by atoms with Gasteiger partial charge >= 0.3 is 0 Å². The number of pyridine rings is 1. The average molecular weight is 367 g/mol. The van der Waals surface area contributed by atoms with E-state index in [1.54, 1.807) is 19.5 Å².